The molecule has 0 unspecified atom stereocenters. The van der Waals surface area contributed by atoms with Gasteiger partial charge in [-0.15, -0.1) is 0 Å². The average Bonchev–Trinajstić information content (AvgIpc) is 2.47. The van der Waals surface area contributed by atoms with Crippen LogP contribution in [0, 0.1) is 5.92 Å². The Hall–Kier alpha value is -0.370. The third-order valence-electron chi connectivity index (χ3n) is 2.78. The van der Waals surface area contributed by atoms with Crippen LogP contribution in [0.25, 0.3) is 0 Å². The van der Waals surface area contributed by atoms with Crippen molar-refractivity contribution >= 4 is 5.78 Å². The van der Waals surface area contributed by atoms with E-state index in [2.05, 4.69) is 18.7 Å². The van der Waals surface area contributed by atoms with Crippen LogP contribution in [-0.4, -0.2) is 30.3 Å². The van der Waals surface area contributed by atoms with Gasteiger partial charge >= 0.3 is 0 Å². The van der Waals surface area contributed by atoms with E-state index in [1.54, 1.807) is 0 Å². The minimum atomic E-state index is 0.418. The largest absolute Gasteiger partial charge is 0.298 e. The molecule has 0 spiro atoms. The maximum Gasteiger partial charge on any atom is 0.148 e. The molecule has 1 saturated heterocycles. The van der Waals surface area contributed by atoms with Crippen molar-refractivity contribution in [3.63, 3.8) is 0 Å². The van der Waals surface area contributed by atoms with Gasteiger partial charge in [-0.1, -0.05) is 26.7 Å². The number of hydrogen-bond donors (Lipinski definition) is 0. The van der Waals surface area contributed by atoms with Crippen molar-refractivity contribution in [1.82, 2.24) is 4.90 Å². The molecule has 12 heavy (non-hydrogen) atoms. The molecule has 0 aromatic rings. The van der Waals surface area contributed by atoms with Crippen molar-refractivity contribution in [3.8, 4) is 0 Å². The second-order valence-electron chi connectivity index (χ2n) is 3.71. The van der Waals surface area contributed by atoms with Crippen LogP contribution in [0.4, 0.5) is 0 Å². The number of hydrogen-bond acceptors (Lipinski definition) is 2. The Morgan fingerprint density at radius 3 is 2.50 bits per heavy atom. The Labute approximate surface area is 74.9 Å². The standard InChI is InChI=1S/C10H19NO/c1-3-9(4-2)7-11-6-5-10(12)8-11/h9H,3-8H2,1-2H3. The van der Waals surface area contributed by atoms with Gasteiger partial charge in [0.15, 0.2) is 0 Å². The van der Waals surface area contributed by atoms with Gasteiger partial charge in [0, 0.05) is 19.5 Å². The first kappa shape index (κ1) is 9.72. The predicted molar refractivity (Wildman–Crippen MR) is 50.1 cm³/mol. The highest BCUT2D eigenvalue weighted by atomic mass is 16.1. The van der Waals surface area contributed by atoms with Gasteiger partial charge in [-0.2, -0.15) is 0 Å². The SMILES string of the molecule is CCC(CC)CN1CCC(=O)C1. The number of nitrogens with zero attached hydrogens (tertiary/aromatic N) is 1. The summed E-state index contributed by atoms with van der Waals surface area (Å²) in [6.07, 6.45) is 3.25. The molecule has 2 nitrogen and oxygen atoms in total. The van der Waals surface area contributed by atoms with E-state index in [0.29, 0.717) is 12.3 Å². The number of ketones is 1. The van der Waals surface area contributed by atoms with E-state index in [1.165, 1.54) is 12.8 Å². The maximum absolute atomic E-state index is 11.0. The first-order valence-corrected chi connectivity index (χ1v) is 5.00. The molecule has 70 valence electrons. The Bertz CT molecular complexity index is 152. The molecule has 2 heteroatoms. The monoisotopic (exact) mass is 169 g/mol. The number of Topliss-reactive ketones (excluding diaryl/α,β-unsaturated/α-hetero) is 1. The number of carbonyl (C=O) groups excluding carboxylic acids is 1. The van der Waals surface area contributed by atoms with Crippen LogP contribution in [0.3, 0.4) is 0 Å². The normalized spacial score (nSPS) is 19.4. The minimum Gasteiger partial charge on any atom is -0.298 e. The first-order valence-electron chi connectivity index (χ1n) is 5.00. The van der Waals surface area contributed by atoms with E-state index in [1.807, 2.05) is 0 Å². The minimum absolute atomic E-state index is 0.418. The molecule has 1 fully saturated rings. The zero-order chi connectivity index (χ0) is 8.97. The molecule has 0 aromatic heterocycles. The molecule has 0 saturated carbocycles. The molecule has 1 aliphatic heterocycles. The van der Waals surface area contributed by atoms with Gasteiger partial charge in [0.1, 0.15) is 5.78 Å². The molecule has 1 aliphatic rings. The van der Waals surface area contributed by atoms with E-state index in [4.69, 9.17) is 0 Å². The second kappa shape index (κ2) is 4.61. The van der Waals surface area contributed by atoms with Crippen LogP contribution in [-0.2, 0) is 4.79 Å². The summed E-state index contributed by atoms with van der Waals surface area (Å²) in [5, 5.41) is 0. The Kier molecular flexibility index (Phi) is 3.73. The van der Waals surface area contributed by atoms with Crippen molar-refractivity contribution in [2.45, 2.75) is 33.1 Å². The Balaban J connectivity index is 2.26. The average molecular weight is 169 g/mol. The van der Waals surface area contributed by atoms with Gasteiger partial charge in [0.25, 0.3) is 0 Å². The van der Waals surface area contributed by atoms with E-state index < -0.39 is 0 Å². The lowest BCUT2D eigenvalue weighted by Gasteiger charge is -2.20. The zero-order valence-electron chi connectivity index (χ0n) is 8.18. The fraction of sp³-hybridized carbons (Fsp3) is 0.900. The molecular weight excluding hydrogens is 150 g/mol. The second-order valence-corrected chi connectivity index (χ2v) is 3.71. The topological polar surface area (TPSA) is 20.3 Å². The molecule has 1 heterocycles. The first-order chi connectivity index (χ1) is 5.76. The predicted octanol–water partition coefficient (Wildman–Crippen LogP) is 1.70. The van der Waals surface area contributed by atoms with Gasteiger partial charge in [-0.05, 0) is 5.92 Å². The van der Waals surface area contributed by atoms with Gasteiger partial charge in [0.2, 0.25) is 0 Å². The van der Waals surface area contributed by atoms with E-state index in [-0.39, 0.29) is 0 Å². The summed E-state index contributed by atoms with van der Waals surface area (Å²) in [4.78, 5) is 13.3. The third-order valence-corrected chi connectivity index (χ3v) is 2.78. The fourth-order valence-corrected chi connectivity index (χ4v) is 1.76. The summed E-state index contributed by atoms with van der Waals surface area (Å²) < 4.78 is 0. The summed E-state index contributed by atoms with van der Waals surface area (Å²) in [6, 6.07) is 0. The van der Waals surface area contributed by atoms with Crippen LogP contribution in [0.1, 0.15) is 33.1 Å². The zero-order valence-corrected chi connectivity index (χ0v) is 8.18. The van der Waals surface area contributed by atoms with Gasteiger partial charge in [0.05, 0.1) is 6.54 Å². The number of rotatable bonds is 4. The molecule has 0 atom stereocenters. The summed E-state index contributed by atoms with van der Waals surface area (Å²) in [6.45, 7) is 7.28. The van der Waals surface area contributed by atoms with Crippen molar-refractivity contribution in [2.75, 3.05) is 19.6 Å². The Morgan fingerprint density at radius 1 is 1.42 bits per heavy atom. The molecule has 0 amide bonds. The van der Waals surface area contributed by atoms with Crippen LogP contribution in [0.5, 0.6) is 0 Å². The van der Waals surface area contributed by atoms with Gasteiger partial charge in [-0.3, -0.25) is 9.69 Å². The highest BCUT2D eigenvalue weighted by Gasteiger charge is 2.20. The fourth-order valence-electron chi connectivity index (χ4n) is 1.76. The van der Waals surface area contributed by atoms with Crippen molar-refractivity contribution in [3.05, 3.63) is 0 Å². The lowest BCUT2D eigenvalue weighted by atomic mass is 10.0. The van der Waals surface area contributed by atoms with Crippen molar-refractivity contribution in [1.29, 1.82) is 0 Å². The van der Waals surface area contributed by atoms with Crippen LogP contribution in [0.2, 0.25) is 0 Å². The van der Waals surface area contributed by atoms with E-state index in [0.717, 1.165) is 25.4 Å². The lowest BCUT2D eigenvalue weighted by molar-refractivity contribution is -0.116. The van der Waals surface area contributed by atoms with Gasteiger partial charge in [-0.25, -0.2) is 0 Å². The Morgan fingerprint density at radius 2 is 2.08 bits per heavy atom. The molecule has 1 rings (SSSR count). The van der Waals surface area contributed by atoms with E-state index in [9.17, 15) is 4.79 Å². The maximum atomic E-state index is 11.0. The van der Waals surface area contributed by atoms with Gasteiger partial charge < -0.3 is 0 Å². The molecular formula is C10H19NO. The smallest absolute Gasteiger partial charge is 0.148 e. The lowest BCUT2D eigenvalue weighted by Crippen LogP contribution is -2.27. The molecule has 0 aromatic carbocycles. The molecule has 0 aliphatic carbocycles. The van der Waals surface area contributed by atoms with Crippen molar-refractivity contribution in [2.24, 2.45) is 5.92 Å². The highest BCUT2D eigenvalue weighted by Crippen LogP contribution is 2.13. The van der Waals surface area contributed by atoms with Crippen molar-refractivity contribution < 1.29 is 4.79 Å². The molecule has 0 radical (unpaired) electrons. The number of carbonyl (C=O) groups is 1. The van der Waals surface area contributed by atoms with Crippen LogP contribution < -0.4 is 0 Å². The van der Waals surface area contributed by atoms with E-state index >= 15 is 0 Å². The van der Waals surface area contributed by atoms with Crippen LogP contribution in [0.15, 0.2) is 0 Å². The summed E-state index contributed by atoms with van der Waals surface area (Å²) in [5.74, 6) is 1.21. The summed E-state index contributed by atoms with van der Waals surface area (Å²) >= 11 is 0. The molecule has 0 bridgehead atoms. The molecule has 0 N–H and O–H groups in total. The summed E-state index contributed by atoms with van der Waals surface area (Å²) in [5.41, 5.74) is 0. The highest BCUT2D eigenvalue weighted by molar-refractivity contribution is 5.82. The quantitative estimate of drug-likeness (QED) is 0.638. The summed E-state index contributed by atoms with van der Waals surface area (Å²) in [7, 11) is 0. The van der Waals surface area contributed by atoms with Crippen LogP contribution >= 0.6 is 0 Å². The number of likely N-dealkylation sites (tertiary alicyclic amines) is 1. The third kappa shape index (κ3) is 2.59.